The number of benzene rings is 10. The highest BCUT2D eigenvalue weighted by atomic mass is 35.5. The number of nitrogens with one attached hydrogen (secondary N) is 10. The van der Waals surface area contributed by atoms with Crippen molar-refractivity contribution in [2.75, 3.05) is 7.11 Å². The standard InChI is InChI=1S/C25H23F3N2O2.C24H23ClN2O2.C24H21F3N2O2.C24H23FN2O3.C23H21ClN2O2/c1-15-7-12-19(21(13-15)25(26,27)28)17-8-10-18(11-9-17)22-20(23(31)30-24(32)29-22)14-16-5-3-2-4-6-16;1-15-7-12-19(21(25)13-15)17-8-10-18(11-9-17)22-20(23(28)27-24(29)26-22)14-16-5-3-2-4-6-16;25-24(26,27)20-9-5-4-8-18(20)16-10-12-17(13-11-16)21-19(22(30)29-23(31)28-21)14-15-6-2-1-3-7-15;1-30-21-12-11-18(25)14-19(21)16-7-9-17(10-8-16)22-20(23(28)27-24(29)26-22)13-15-5-3-2-4-6-15;24-20-9-5-4-8-18(20)16-10-12-17(13-11-16)21-19(22(27)26-23(28)25-21)14-15-6-2-1-3-7-15/h2-8,12-13,18H,9-11,14H2,1H3,(H2,29,30,31,32);2-8,12-13,18H,9-11,14H2,1H3,(H2,26,27,28,29);1-10,17H,11-14H2,(H2,28,29,30,31);2-7,11-12,14,17H,8-10,13H2,1H3,(H2,26,27,28,29);1-10,17H,11-14H2,(H2,25,26,27,28). The third-order valence-electron chi connectivity index (χ3n) is 28.2. The van der Waals surface area contributed by atoms with E-state index in [0.29, 0.717) is 151 Å². The summed E-state index contributed by atoms with van der Waals surface area (Å²) in [6.07, 6.45) is 13.2. The van der Waals surface area contributed by atoms with Crippen LogP contribution in [0.1, 0.15) is 260 Å². The molecule has 10 N–H and O–H groups in total. The van der Waals surface area contributed by atoms with Crippen molar-refractivity contribution in [2.45, 2.75) is 184 Å². The Balaban J connectivity index is 0.000000134. The third kappa shape index (κ3) is 27.2. The van der Waals surface area contributed by atoms with Crippen LogP contribution in [-0.4, -0.2) is 56.9 Å². The molecule has 0 radical (unpaired) electrons. The predicted molar refractivity (Wildman–Crippen MR) is 576 cm³/mol. The number of aromatic nitrogens is 10. The van der Waals surface area contributed by atoms with E-state index in [1.54, 1.807) is 44.4 Å². The summed E-state index contributed by atoms with van der Waals surface area (Å²) in [5.74, 6) is 0.273. The van der Waals surface area contributed by atoms with Crippen LogP contribution in [0, 0.1) is 19.7 Å². The van der Waals surface area contributed by atoms with Gasteiger partial charge in [-0.15, -0.1) is 0 Å². The molecule has 0 saturated heterocycles. The molecule has 5 aromatic heterocycles. The van der Waals surface area contributed by atoms with E-state index in [1.807, 2.05) is 189 Å². The van der Waals surface area contributed by atoms with Gasteiger partial charge in [0.25, 0.3) is 27.8 Å². The molecule has 150 heavy (non-hydrogen) atoms. The summed E-state index contributed by atoms with van der Waals surface area (Å²) in [4.78, 5) is 149. The third-order valence-corrected chi connectivity index (χ3v) is 28.8. The maximum absolute atomic E-state index is 13.8. The number of methoxy groups -OCH3 is 1. The zero-order valence-corrected chi connectivity index (χ0v) is 84.1. The van der Waals surface area contributed by atoms with Gasteiger partial charge in [-0.05, 0) is 236 Å². The van der Waals surface area contributed by atoms with Crippen molar-refractivity contribution >= 4 is 51.1 Å². The van der Waals surface area contributed by atoms with Crippen molar-refractivity contribution in [3.63, 3.8) is 0 Å². The first-order valence-corrected chi connectivity index (χ1v) is 50.6. The number of aryl methyl sites for hydroxylation is 2. The number of H-pyrrole nitrogens is 10. The van der Waals surface area contributed by atoms with E-state index < -0.39 is 63.0 Å². The number of ether oxygens (including phenoxy) is 1. The fourth-order valence-corrected chi connectivity index (χ4v) is 21.3. The van der Waals surface area contributed by atoms with Crippen LogP contribution in [0.5, 0.6) is 5.75 Å². The first-order valence-electron chi connectivity index (χ1n) is 49.8. The molecule has 5 unspecified atom stereocenters. The Bertz CT molecular complexity index is 8220. The van der Waals surface area contributed by atoms with Gasteiger partial charge in [0.1, 0.15) is 11.6 Å². The molecule has 5 aliphatic carbocycles. The normalized spacial score (nSPS) is 16.5. The number of hydrogen-bond donors (Lipinski definition) is 10. The molecule has 0 bridgehead atoms. The summed E-state index contributed by atoms with van der Waals surface area (Å²) < 4.78 is 100. The molecule has 0 fully saturated rings. The van der Waals surface area contributed by atoms with E-state index in [2.05, 4.69) is 80.2 Å². The van der Waals surface area contributed by atoms with Crippen LogP contribution in [0.15, 0.2) is 333 Å². The molecule has 770 valence electrons. The lowest BCUT2D eigenvalue weighted by molar-refractivity contribution is -0.138. The Morgan fingerprint density at radius 3 is 0.827 bits per heavy atom. The topological polar surface area (TPSA) is 338 Å². The highest BCUT2D eigenvalue weighted by Crippen LogP contribution is 2.47. The number of alkyl halides is 6. The SMILES string of the molecule is COc1ccc(F)cc1C1=CCC(c2[nH]c(=O)[nH]c(=O)c2Cc2ccccc2)CC1.Cc1ccc(C2=CCC(c3[nH]c(=O)[nH]c(=O)c3Cc3ccccc3)CC2)c(C(F)(F)F)c1.Cc1ccc(C2=CCC(c3[nH]c(=O)[nH]c(=O)c3Cc3ccccc3)CC2)c(Cl)c1.O=c1[nH]c(C2CC=C(c3ccccc3C(F)(F)F)CC2)c(Cc2ccccc2)c(=O)[nH]1.O=c1[nH]c(C2CC=C(c3ccccc3Cl)CC2)c(Cc2ccccc2)c(=O)[nH]1. The molecule has 5 atom stereocenters. The Morgan fingerprint density at radius 1 is 0.280 bits per heavy atom. The quantitative estimate of drug-likeness (QED) is 0.0301. The lowest BCUT2D eigenvalue weighted by atomic mass is 9.81. The Hall–Kier alpha value is -15.8. The minimum absolute atomic E-state index is 0.0158. The van der Waals surface area contributed by atoms with Gasteiger partial charge in [0.15, 0.2) is 0 Å². The number of hydrogen-bond acceptors (Lipinski definition) is 11. The fourth-order valence-electron chi connectivity index (χ4n) is 20.7. The molecule has 10 aromatic carbocycles. The van der Waals surface area contributed by atoms with E-state index in [9.17, 15) is 78.7 Å². The second-order valence-electron chi connectivity index (χ2n) is 38.2. The Morgan fingerprint density at radius 2 is 0.540 bits per heavy atom. The molecule has 0 spiro atoms. The van der Waals surface area contributed by atoms with Gasteiger partial charge in [-0.25, -0.2) is 28.4 Å². The van der Waals surface area contributed by atoms with E-state index in [1.165, 1.54) is 47.5 Å². The first kappa shape index (κ1) is 107. The summed E-state index contributed by atoms with van der Waals surface area (Å²) in [6.45, 7) is 3.67. The predicted octanol–water partition coefficient (Wildman–Crippen LogP) is 24.1. The van der Waals surface area contributed by atoms with Gasteiger partial charge in [0.2, 0.25) is 0 Å². The van der Waals surface area contributed by atoms with Gasteiger partial charge in [0, 0.05) is 134 Å². The van der Waals surface area contributed by atoms with Crippen molar-refractivity contribution in [2.24, 2.45) is 0 Å². The van der Waals surface area contributed by atoms with Crippen LogP contribution in [0.2, 0.25) is 10.0 Å². The van der Waals surface area contributed by atoms with Crippen LogP contribution in [0.4, 0.5) is 30.7 Å². The molecule has 20 rings (SSSR count). The summed E-state index contributed by atoms with van der Waals surface area (Å²) in [6, 6.07) is 76.7. The lowest BCUT2D eigenvalue weighted by Gasteiger charge is -2.25. The molecular weight excluding hydrogens is 1960 g/mol. The highest BCUT2D eigenvalue weighted by Gasteiger charge is 2.38. The van der Waals surface area contributed by atoms with Crippen LogP contribution in [-0.2, 0) is 44.5 Å². The molecule has 0 aliphatic heterocycles. The van der Waals surface area contributed by atoms with E-state index in [0.717, 1.165) is 128 Å². The second kappa shape index (κ2) is 48.9. The van der Waals surface area contributed by atoms with E-state index in [4.69, 9.17) is 27.9 Å². The van der Waals surface area contributed by atoms with Gasteiger partial charge in [0.05, 0.1) is 18.2 Å². The average Bonchev–Trinajstić information content (AvgIpc) is 0.780. The van der Waals surface area contributed by atoms with Gasteiger partial charge in [-0.1, -0.05) is 271 Å². The zero-order chi connectivity index (χ0) is 106. The first-order chi connectivity index (χ1) is 72.2. The fraction of sp³-hybridized carbons (Fsp3) is 0.250. The summed E-state index contributed by atoms with van der Waals surface area (Å²) in [5, 5.41) is 1.52. The number of rotatable bonds is 21. The van der Waals surface area contributed by atoms with Crippen LogP contribution in [0.3, 0.4) is 0 Å². The van der Waals surface area contributed by atoms with Gasteiger partial charge >= 0.3 is 40.8 Å². The lowest BCUT2D eigenvalue weighted by Crippen LogP contribution is -2.30. The van der Waals surface area contributed by atoms with Gasteiger partial charge in [-0.2, -0.15) is 26.3 Å². The van der Waals surface area contributed by atoms with Crippen molar-refractivity contribution < 1.29 is 35.5 Å². The summed E-state index contributed by atoms with van der Waals surface area (Å²) in [5.41, 5.74) is 15.3. The molecule has 21 nitrogen and oxygen atoms in total. The minimum Gasteiger partial charge on any atom is -0.496 e. The van der Waals surface area contributed by atoms with Crippen LogP contribution >= 0.6 is 23.2 Å². The van der Waals surface area contributed by atoms with Crippen molar-refractivity contribution in [1.82, 2.24) is 49.8 Å². The van der Waals surface area contributed by atoms with E-state index in [-0.39, 0.29) is 63.2 Å². The Labute approximate surface area is 867 Å². The summed E-state index contributed by atoms with van der Waals surface area (Å²) >= 11 is 12.8. The average molecular weight is 2070 g/mol. The smallest absolute Gasteiger partial charge is 0.417 e. The molecule has 5 aliphatic rings. The van der Waals surface area contributed by atoms with E-state index >= 15 is 0 Å². The minimum atomic E-state index is -4.43. The molecule has 5 heterocycles. The largest absolute Gasteiger partial charge is 0.496 e. The molecule has 15 aromatic rings. The molecule has 30 heteroatoms. The van der Waals surface area contributed by atoms with Crippen LogP contribution < -0.4 is 61.0 Å². The number of halogens is 9. The zero-order valence-electron chi connectivity index (χ0n) is 82.6. The van der Waals surface area contributed by atoms with Crippen molar-refractivity contribution in [1.29, 1.82) is 0 Å². The summed E-state index contributed by atoms with van der Waals surface area (Å²) in [7, 11) is 1.57. The maximum atomic E-state index is 13.8. The van der Waals surface area contributed by atoms with Crippen LogP contribution in [0.25, 0.3) is 27.9 Å². The van der Waals surface area contributed by atoms with Gasteiger partial charge < -0.3 is 29.7 Å². The maximum Gasteiger partial charge on any atom is 0.417 e. The second-order valence-corrected chi connectivity index (χ2v) is 39.0. The molecular formula is C120H111Cl2F7N10O11. The number of allylic oxidation sites excluding steroid dienone is 10. The van der Waals surface area contributed by atoms with Crippen molar-refractivity contribution in [3.8, 4) is 5.75 Å². The molecule has 0 saturated carbocycles. The Kier molecular flexibility index (Phi) is 34.9. The monoisotopic (exact) mass is 2070 g/mol. The van der Waals surface area contributed by atoms with Gasteiger partial charge in [-0.3, -0.25) is 48.9 Å². The highest BCUT2D eigenvalue weighted by molar-refractivity contribution is 6.32. The number of aromatic amines is 10. The van der Waals surface area contributed by atoms with Crippen molar-refractivity contribution in [3.05, 3.63) is 539 Å². The molecule has 0 amide bonds.